The van der Waals surface area contributed by atoms with Crippen molar-refractivity contribution in [3.05, 3.63) is 90.2 Å². The van der Waals surface area contributed by atoms with Crippen molar-refractivity contribution in [2.75, 3.05) is 0 Å². The molecular formula is C20H13F3Si. The van der Waals surface area contributed by atoms with Crippen molar-refractivity contribution in [3.63, 3.8) is 0 Å². The zero-order valence-corrected chi connectivity index (χ0v) is 13.6. The van der Waals surface area contributed by atoms with Crippen molar-refractivity contribution < 1.29 is 13.2 Å². The Balaban J connectivity index is 2.30. The van der Waals surface area contributed by atoms with Crippen LogP contribution >= 0.6 is 0 Å². The summed E-state index contributed by atoms with van der Waals surface area (Å²) in [6.45, 7) is 0. The first-order valence-electron chi connectivity index (χ1n) is 7.32. The van der Waals surface area contributed by atoms with Crippen LogP contribution in [0.15, 0.2) is 72.8 Å². The third-order valence-electron chi connectivity index (χ3n) is 4.05. The van der Waals surface area contributed by atoms with Gasteiger partial charge >= 0.3 is 0 Å². The van der Waals surface area contributed by atoms with Crippen LogP contribution in [-0.4, -0.2) is 8.07 Å². The van der Waals surface area contributed by atoms with E-state index < -0.39 is 8.07 Å². The summed E-state index contributed by atoms with van der Waals surface area (Å²) in [5.41, 5.74) is 2.89. The summed E-state index contributed by atoms with van der Waals surface area (Å²) in [5, 5.41) is 2.35. The van der Waals surface area contributed by atoms with E-state index in [0.717, 1.165) is 15.6 Å². The molecule has 0 atom stereocenters. The molecule has 0 radical (unpaired) electrons. The molecule has 0 spiro atoms. The highest BCUT2D eigenvalue weighted by atomic mass is 28.3. The third-order valence-corrected chi connectivity index (χ3v) is 8.08. The van der Waals surface area contributed by atoms with Crippen molar-refractivity contribution in [2.45, 2.75) is 0 Å². The molecule has 0 N–H and O–H groups in total. The maximum Gasteiger partial charge on any atom is 0.229 e. The molecule has 3 aromatic rings. The van der Waals surface area contributed by atoms with Crippen molar-refractivity contribution in [1.29, 1.82) is 0 Å². The Bertz CT molecular complexity index is 765. The average molecular weight is 338 g/mol. The van der Waals surface area contributed by atoms with Gasteiger partial charge in [0.1, 0.15) is 17.5 Å². The minimum absolute atomic E-state index is 0.364. The Morgan fingerprint density at radius 3 is 1.00 bits per heavy atom. The van der Waals surface area contributed by atoms with Gasteiger partial charge in [0.05, 0.1) is 0 Å². The number of terminal acetylenes is 1. The lowest BCUT2D eigenvalue weighted by Gasteiger charge is -2.28. The molecule has 0 bridgehead atoms. The molecule has 3 aromatic carbocycles. The Labute approximate surface area is 139 Å². The van der Waals surface area contributed by atoms with Crippen LogP contribution in [0, 0.1) is 29.4 Å². The molecule has 4 heteroatoms. The predicted molar refractivity (Wildman–Crippen MR) is 92.7 cm³/mol. The van der Waals surface area contributed by atoms with Gasteiger partial charge in [-0.3, -0.25) is 0 Å². The van der Waals surface area contributed by atoms with E-state index in [1.54, 1.807) is 36.4 Å². The van der Waals surface area contributed by atoms with Gasteiger partial charge in [-0.25, -0.2) is 13.2 Å². The van der Waals surface area contributed by atoms with Crippen LogP contribution in [0.4, 0.5) is 13.2 Å². The highest BCUT2D eigenvalue weighted by Crippen LogP contribution is 2.09. The average Bonchev–Trinajstić information content (AvgIpc) is 2.60. The summed E-state index contributed by atoms with van der Waals surface area (Å²) in [5.74, 6) is -1.09. The van der Waals surface area contributed by atoms with Crippen LogP contribution < -0.4 is 15.6 Å². The molecule has 0 aliphatic heterocycles. The van der Waals surface area contributed by atoms with Crippen LogP contribution in [0.2, 0.25) is 0 Å². The number of rotatable bonds is 3. The monoisotopic (exact) mass is 338 g/mol. The maximum absolute atomic E-state index is 13.4. The van der Waals surface area contributed by atoms with Gasteiger partial charge in [-0.1, -0.05) is 36.4 Å². The van der Waals surface area contributed by atoms with Gasteiger partial charge in [0.2, 0.25) is 8.07 Å². The van der Waals surface area contributed by atoms with Crippen molar-refractivity contribution in [1.82, 2.24) is 0 Å². The first-order valence-corrected chi connectivity index (χ1v) is 9.32. The lowest BCUT2D eigenvalue weighted by molar-refractivity contribution is 0.628. The van der Waals surface area contributed by atoms with Crippen molar-refractivity contribution >= 4 is 23.6 Å². The Hall–Kier alpha value is -2.77. The van der Waals surface area contributed by atoms with E-state index in [1.807, 2.05) is 0 Å². The summed E-state index contributed by atoms with van der Waals surface area (Å²) >= 11 is 0. The summed E-state index contributed by atoms with van der Waals surface area (Å²) in [6, 6.07) is 18.0. The zero-order chi connectivity index (χ0) is 17.2. The van der Waals surface area contributed by atoms with Crippen LogP contribution in [0.5, 0.6) is 0 Å². The lowest BCUT2D eigenvalue weighted by Crippen LogP contribution is -2.66. The fraction of sp³-hybridized carbons (Fsp3) is 0. The summed E-state index contributed by atoms with van der Waals surface area (Å²) in [4.78, 5) is 0. The Morgan fingerprint density at radius 1 is 0.542 bits per heavy atom. The molecule has 0 unspecified atom stereocenters. The highest BCUT2D eigenvalue weighted by molar-refractivity contribution is 7.16. The molecule has 24 heavy (non-hydrogen) atoms. The second-order valence-corrected chi connectivity index (χ2v) is 8.94. The first kappa shape index (κ1) is 16.1. The van der Waals surface area contributed by atoms with Crippen molar-refractivity contribution in [3.8, 4) is 12.0 Å². The number of benzene rings is 3. The van der Waals surface area contributed by atoms with Crippen LogP contribution in [-0.2, 0) is 0 Å². The molecule has 0 nitrogen and oxygen atoms in total. The van der Waals surface area contributed by atoms with Gasteiger partial charge in [0, 0.05) is 0 Å². The Kier molecular flexibility index (Phi) is 4.28. The number of hydrogen-bond acceptors (Lipinski definition) is 0. The van der Waals surface area contributed by atoms with Gasteiger partial charge in [-0.05, 0) is 52.0 Å². The van der Waals surface area contributed by atoms with Crippen LogP contribution in [0.3, 0.4) is 0 Å². The molecule has 0 aliphatic rings. The summed E-state index contributed by atoms with van der Waals surface area (Å²) < 4.78 is 40.1. The highest BCUT2D eigenvalue weighted by Gasteiger charge is 2.38. The first-order chi connectivity index (χ1) is 11.6. The van der Waals surface area contributed by atoms with E-state index in [-0.39, 0.29) is 17.5 Å². The normalized spacial score (nSPS) is 11.1. The molecule has 3 rings (SSSR count). The maximum atomic E-state index is 13.4. The minimum atomic E-state index is -2.94. The quantitative estimate of drug-likeness (QED) is 0.391. The van der Waals surface area contributed by atoms with Crippen LogP contribution in [0.25, 0.3) is 0 Å². The molecule has 0 aromatic heterocycles. The Morgan fingerprint density at radius 2 is 0.792 bits per heavy atom. The summed E-state index contributed by atoms with van der Waals surface area (Å²) in [7, 11) is -2.94. The summed E-state index contributed by atoms with van der Waals surface area (Å²) in [6.07, 6.45) is 5.95. The van der Waals surface area contributed by atoms with Gasteiger partial charge in [0.15, 0.2) is 0 Å². The smallest absolute Gasteiger partial charge is 0.207 e. The molecule has 0 aliphatic carbocycles. The SMILES string of the molecule is C#C[Si](c1ccc(F)cc1)(c1ccc(F)cc1)c1ccc(F)cc1. The second-order valence-electron chi connectivity index (χ2n) is 5.42. The fourth-order valence-electron chi connectivity index (χ4n) is 2.85. The van der Waals surface area contributed by atoms with Gasteiger partial charge in [-0.2, -0.15) is 0 Å². The van der Waals surface area contributed by atoms with E-state index in [0.29, 0.717) is 0 Å². The molecule has 0 amide bonds. The van der Waals surface area contributed by atoms with E-state index in [1.165, 1.54) is 36.4 Å². The topological polar surface area (TPSA) is 0 Å². The van der Waals surface area contributed by atoms with Gasteiger partial charge in [-0.15, -0.1) is 12.0 Å². The van der Waals surface area contributed by atoms with Gasteiger partial charge < -0.3 is 0 Å². The molecule has 0 heterocycles. The number of halogens is 3. The second kappa shape index (κ2) is 6.38. The van der Waals surface area contributed by atoms with E-state index in [9.17, 15) is 13.2 Å². The molecule has 0 saturated carbocycles. The van der Waals surface area contributed by atoms with Gasteiger partial charge in [0.25, 0.3) is 0 Å². The predicted octanol–water partition coefficient (Wildman–Crippen LogP) is 2.75. The molecule has 118 valence electrons. The van der Waals surface area contributed by atoms with E-state index in [4.69, 9.17) is 6.42 Å². The van der Waals surface area contributed by atoms with Crippen LogP contribution in [0.1, 0.15) is 0 Å². The number of hydrogen-bond donors (Lipinski definition) is 0. The van der Waals surface area contributed by atoms with Crippen molar-refractivity contribution in [2.24, 2.45) is 0 Å². The molecule has 0 fully saturated rings. The third kappa shape index (κ3) is 2.75. The molecule has 0 saturated heterocycles. The molecular weight excluding hydrogens is 325 g/mol. The minimum Gasteiger partial charge on any atom is -0.207 e. The van der Waals surface area contributed by atoms with E-state index in [2.05, 4.69) is 5.54 Å². The zero-order valence-electron chi connectivity index (χ0n) is 12.6. The van der Waals surface area contributed by atoms with E-state index >= 15 is 0 Å². The largest absolute Gasteiger partial charge is 0.229 e. The fourth-order valence-corrected chi connectivity index (χ4v) is 6.35. The lowest BCUT2D eigenvalue weighted by atomic mass is 10.3. The standard InChI is InChI=1S/C20H13F3Si/c1-2-24(18-9-3-15(21)4-10-18,19-11-5-16(22)6-12-19)20-13-7-17(23)8-14-20/h1,3-14H.